The van der Waals surface area contributed by atoms with Crippen LogP contribution in [0.1, 0.15) is 38.8 Å². The smallest absolute Gasteiger partial charge is 0.326 e. The van der Waals surface area contributed by atoms with Gasteiger partial charge in [0.05, 0.1) is 5.54 Å². The van der Waals surface area contributed by atoms with E-state index in [2.05, 4.69) is 22.3 Å². The topological polar surface area (TPSA) is 69.6 Å². The molecule has 0 fully saturated rings. The van der Waals surface area contributed by atoms with Gasteiger partial charge in [0, 0.05) is 13.1 Å². The van der Waals surface area contributed by atoms with E-state index in [1.54, 1.807) is 13.8 Å². The number of benzene rings is 1. The molecule has 0 bridgehead atoms. The van der Waals surface area contributed by atoms with Crippen LogP contribution in [0.5, 0.6) is 0 Å². The standard InChI is InChI=1S/C18H26N2O3/c1-12(2)15(16(21)22)19-17(23)18(3,4)20-10-9-13-7-5-6-8-14(13)11-20/h5-8,12,15H,9-11H2,1-4H3,(H,19,23)(H,21,22). The minimum Gasteiger partial charge on any atom is -0.480 e. The van der Waals surface area contributed by atoms with Crippen molar-refractivity contribution in [1.82, 2.24) is 10.2 Å². The molecule has 2 rings (SSSR count). The number of carboxylic acids is 1. The van der Waals surface area contributed by atoms with Crippen LogP contribution in [-0.2, 0) is 22.6 Å². The zero-order valence-corrected chi connectivity index (χ0v) is 14.3. The highest BCUT2D eigenvalue weighted by Gasteiger charge is 2.38. The molecule has 1 aromatic carbocycles. The first-order valence-electron chi connectivity index (χ1n) is 8.09. The first-order chi connectivity index (χ1) is 10.7. The molecule has 23 heavy (non-hydrogen) atoms. The molecule has 5 nitrogen and oxygen atoms in total. The predicted octanol–water partition coefficient (Wildman–Crippen LogP) is 2.05. The summed E-state index contributed by atoms with van der Waals surface area (Å²) in [6, 6.07) is 7.39. The van der Waals surface area contributed by atoms with Crippen molar-refractivity contribution in [3.8, 4) is 0 Å². The van der Waals surface area contributed by atoms with E-state index in [1.165, 1.54) is 11.1 Å². The molecule has 0 saturated carbocycles. The average Bonchev–Trinajstić information content (AvgIpc) is 2.51. The van der Waals surface area contributed by atoms with Crippen LogP contribution in [0.25, 0.3) is 0 Å². The van der Waals surface area contributed by atoms with Gasteiger partial charge in [-0.25, -0.2) is 4.79 Å². The fourth-order valence-corrected chi connectivity index (χ4v) is 2.95. The van der Waals surface area contributed by atoms with Crippen molar-refractivity contribution in [3.63, 3.8) is 0 Å². The summed E-state index contributed by atoms with van der Waals surface area (Å²) in [7, 11) is 0. The van der Waals surface area contributed by atoms with Crippen molar-refractivity contribution in [2.75, 3.05) is 6.54 Å². The van der Waals surface area contributed by atoms with Gasteiger partial charge in [0.1, 0.15) is 6.04 Å². The molecule has 2 N–H and O–H groups in total. The normalized spacial score (nSPS) is 16.7. The first-order valence-corrected chi connectivity index (χ1v) is 8.09. The van der Waals surface area contributed by atoms with E-state index in [0.29, 0.717) is 6.54 Å². The van der Waals surface area contributed by atoms with Gasteiger partial charge in [-0.1, -0.05) is 38.1 Å². The third-order valence-corrected chi connectivity index (χ3v) is 4.70. The van der Waals surface area contributed by atoms with Crippen molar-refractivity contribution in [3.05, 3.63) is 35.4 Å². The Morgan fingerprint density at radius 3 is 2.39 bits per heavy atom. The summed E-state index contributed by atoms with van der Waals surface area (Å²) in [5, 5.41) is 12.0. The van der Waals surface area contributed by atoms with E-state index in [4.69, 9.17) is 0 Å². The van der Waals surface area contributed by atoms with Crippen LogP contribution >= 0.6 is 0 Å². The Labute approximate surface area is 137 Å². The van der Waals surface area contributed by atoms with Gasteiger partial charge in [0.25, 0.3) is 0 Å². The number of nitrogens with zero attached hydrogens (tertiary/aromatic N) is 1. The average molecular weight is 318 g/mol. The second kappa shape index (κ2) is 6.71. The molecular formula is C18H26N2O3. The molecule has 5 heteroatoms. The third kappa shape index (κ3) is 3.72. The van der Waals surface area contributed by atoms with Gasteiger partial charge in [-0.2, -0.15) is 0 Å². The van der Waals surface area contributed by atoms with Crippen LogP contribution in [0.4, 0.5) is 0 Å². The van der Waals surface area contributed by atoms with Crippen molar-refractivity contribution >= 4 is 11.9 Å². The number of carbonyl (C=O) groups is 2. The van der Waals surface area contributed by atoms with Crippen LogP contribution < -0.4 is 5.32 Å². The minimum atomic E-state index is -0.992. The second-order valence-electron chi connectivity index (χ2n) is 7.03. The molecule has 1 unspecified atom stereocenters. The molecule has 0 spiro atoms. The summed E-state index contributed by atoms with van der Waals surface area (Å²) in [5.41, 5.74) is 1.81. The fraction of sp³-hybridized carbons (Fsp3) is 0.556. The Morgan fingerprint density at radius 1 is 1.22 bits per heavy atom. The number of carbonyl (C=O) groups excluding carboxylic acids is 1. The number of carboxylic acid groups (broad SMARTS) is 1. The lowest BCUT2D eigenvalue weighted by Gasteiger charge is -2.41. The first kappa shape index (κ1) is 17.5. The largest absolute Gasteiger partial charge is 0.480 e. The Balaban J connectivity index is 2.12. The number of amides is 1. The number of rotatable bonds is 5. The molecule has 0 aliphatic carbocycles. The summed E-state index contributed by atoms with van der Waals surface area (Å²) in [6.07, 6.45) is 0.902. The van der Waals surface area contributed by atoms with Gasteiger partial charge in [-0.3, -0.25) is 9.69 Å². The van der Waals surface area contributed by atoms with E-state index in [-0.39, 0.29) is 11.8 Å². The lowest BCUT2D eigenvalue weighted by molar-refractivity contribution is -0.145. The zero-order valence-electron chi connectivity index (χ0n) is 14.3. The summed E-state index contributed by atoms with van der Waals surface area (Å²) >= 11 is 0. The van der Waals surface area contributed by atoms with Crippen LogP contribution in [0.15, 0.2) is 24.3 Å². The molecular weight excluding hydrogens is 292 g/mol. The molecule has 0 radical (unpaired) electrons. The van der Waals surface area contributed by atoms with Crippen LogP contribution in [0, 0.1) is 5.92 Å². The van der Waals surface area contributed by atoms with Crippen LogP contribution in [0.2, 0.25) is 0 Å². The molecule has 0 saturated heterocycles. The van der Waals surface area contributed by atoms with Crippen molar-refractivity contribution in [2.24, 2.45) is 5.92 Å². The van der Waals surface area contributed by atoms with Crippen molar-refractivity contribution < 1.29 is 14.7 Å². The summed E-state index contributed by atoms with van der Waals surface area (Å²) in [4.78, 5) is 26.1. The highest BCUT2D eigenvalue weighted by atomic mass is 16.4. The highest BCUT2D eigenvalue weighted by Crippen LogP contribution is 2.25. The van der Waals surface area contributed by atoms with E-state index >= 15 is 0 Å². The number of aliphatic carboxylic acids is 1. The lowest BCUT2D eigenvalue weighted by atomic mass is 9.92. The minimum absolute atomic E-state index is 0.158. The summed E-state index contributed by atoms with van der Waals surface area (Å²) in [5.74, 6) is -1.39. The van der Waals surface area contributed by atoms with Gasteiger partial charge < -0.3 is 10.4 Å². The van der Waals surface area contributed by atoms with E-state index in [1.807, 2.05) is 26.0 Å². The molecule has 1 aromatic rings. The highest BCUT2D eigenvalue weighted by molar-refractivity contribution is 5.89. The molecule has 1 atom stereocenters. The molecule has 1 amide bonds. The van der Waals surface area contributed by atoms with Gasteiger partial charge in [0.15, 0.2) is 0 Å². The fourth-order valence-electron chi connectivity index (χ4n) is 2.95. The summed E-state index contributed by atoms with van der Waals surface area (Å²) < 4.78 is 0. The lowest BCUT2D eigenvalue weighted by Crippen LogP contribution is -2.59. The van der Waals surface area contributed by atoms with Gasteiger partial charge in [-0.15, -0.1) is 0 Å². The molecule has 0 aromatic heterocycles. The Hall–Kier alpha value is -1.88. The number of hydrogen-bond acceptors (Lipinski definition) is 3. The van der Waals surface area contributed by atoms with Crippen LogP contribution in [-0.4, -0.2) is 40.0 Å². The predicted molar refractivity (Wildman–Crippen MR) is 89.0 cm³/mol. The van der Waals surface area contributed by atoms with Gasteiger partial charge >= 0.3 is 5.97 Å². The van der Waals surface area contributed by atoms with Gasteiger partial charge in [0.2, 0.25) is 5.91 Å². The monoisotopic (exact) mass is 318 g/mol. The number of hydrogen-bond donors (Lipinski definition) is 2. The SMILES string of the molecule is CC(C)C(NC(=O)C(C)(C)N1CCc2ccccc2C1)C(=O)O. The molecule has 126 valence electrons. The van der Waals surface area contributed by atoms with E-state index in [9.17, 15) is 14.7 Å². The van der Waals surface area contributed by atoms with E-state index < -0.39 is 17.6 Å². The molecule has 1 aliphatic heterocycles. The Kier molecular flexibility index (Phi) is 5.09. The maximum atomic E-state index is 12.7. The number of fused-ring (bicyclic) bond motifs is 1. The maximum Gasteiger partial charge on any atom is 0.326 e. The summed E-state index contributed by atoms with van der Waals surface area (Å²) in [6.45, 7) is 8.80. The van der Waals surface area contributed by atoms with E-state index in [0.717, 1.165) is 13.0 Å². The third-order valence-electron chi connectivity index (χ3n) is 4.70. The molecule has 1 heterocycles. The Morgan fingerprint density at radius 2 is 1.83 bits per heavy atom. The second-order valence-corrected chi connectivity index (χ2v) is 7.03. The van der Waals surface area contributed by atoms with Crippen molar-refractivity contribution in [1.29, 1.82) is 0 Å². The molecule has 1 aliphatic rings. The Bertz CT molecular complexity index is 596. The van der Waals surface area contributed by atoms with Crippen molar-refractivity contribution in [2.45, 2.75) is 52.2 Å². The maximum absolute atomic E-state index is 12.7. The van der Waals surface area contributed by atoms with Gasteiger partial charge in [-0.05, 0) is 37.3 Å². The zero-order chi connectivity index (χ0) is 17.2. The van der Waals surface area contributed by atoms with Crippen LogP contribution in [0.3, 0.4) is 0 Å². The number of nitrogens with one attached hydrogen (secondary N) is 1. The quantitative estimate of drug-likeness (QED) is 0.872.